The van der Waals surface area contributed by atoms with E-state index in [1.165, 1.54) is 74.1 Å². The van der Waals surface area contributed by atoms with Crippen molar-refractivity contribution in [3.8, 4) is 5.75 Å². The topological polar surface area (TPSA) is 25.0 Å². The number of aromatic amines is 1. The highest BCUT2D eigenvalue weighted by Crippen LogP contribution is 2.28. The highest BCUT2D eigenvalue weighted by Gasteiger charge is 2.04. The van der Waals surface area contributed by atoms with Crippen LogP contribution in [0, 0.1) is 0 Å². The average Bonchev–Trinajstić information content (AvgIpc) is 3.04. The van der Waals surface area contributed by atoms with E-state index >= 15 is 0 Å². The lowest BCUT2D eigenvalue weighted by atomic mass is 10.1. The van der Waals surface area contributed by atoms with Crippen LogP contribution in [0.25, 0.3) is 21.8 Å². The van der Waals surface area contributed by atoms with E-state index in [0.717, 1.165) is 24.3 Å². The molecule has 0 aliphatic rings. The molecule has 0 aliphatic carbocycles. The Balaban J connectivity index is 1.33. The Labute approximate surface area is 157 Å². The van der Waals surface area contributed by atoms with Crippen LogP contribution in [0.3, 0.4) is 0 Å². The number of hydrogen-bond donors (Lipinski definition) is 1. The molecule has 1 heterocycles. The number of ether oxygens (including phenoxy) is 1. The van der Waals surface area contributed by atoms with Gasteiger partial charge in [0.05, 0.1) is 12.1 Å². The number of fused-ring (bicyclic) bond motifs is 3. The summed E-state index contributed by atoms with van der Waals surface area (Å²) in [6.45, 7) is 3.10. The molecule has 0 fully saturated rings. The second-order valence-electron chi connectivity index (χ2n) is 7.41. The van der Waals surface area contributed by atoms with Gasteiger partial charge < -0.3 is 9.72 Å². The fraction of sp³-hybridized carbons (Fsp3) is 0.500. The summed E-state index contributed by atoms with van der Waals surface area (Å²) < 4.78 is 5.96. The minimum atomic E-state index is 0.822. The van der Waals surface area contributed by atoms with E-state index in [2.05, 4.69) is 54.4 Å². The second kappa shape index (κ2) is 10.3. The smallest absolute Gasteiger partial charge is 0.121 e. The van der Waals surface area contributed by atoms with Crippen LogP contribution in [0.5, 0.6) is 5.75 Å². The number of benzene rings is 2. The van der Waals surface area contributed by atoms with Crippen LogP contribution < -0.4 is 4.74 Å². The Morgan fingerprint density at radius 1 is 0.692 bits per heavy atom. The third kappa shape index (κ3) is 5.27. The molecule has 2 heteroatoms. The molecule has 2 aromatic carbocycles. The van der Waals surface area contributed by atoms with Crippen LogP contribution in [0.1, 0.15) is 71.1 Å². The number of nitrogens with one attached hydrogen (secondary N) is 1. The van der Waals surface area contributed by atoms with E-state index < -0.39 is 0 Å². The van der Waals surface area contributed by atoms with Crippen molar-refractivity contribution >= 4 is 21.8 Å². The molecule has 3 rings (SSSR count). The van der Waals surface area contributed by atoms with Gasteiger partial charge in [0.2, 0.25) is 0 Å². The number of rotatable bonds is 12. The molecule has 1 N–H and O–H groups in total. The maximum Gasteiger partial charge on any atom is 0.121 e. The van der Waals surface area contributed by atoms with Gasteiger partial charge in [-0.2, -0.15) is 0 Å². The van der Waals surface area contributed by atoms with Gasteiger partial charge in [0.1, 0.15) is 5.75 Å². The molecule has 1 aromatic heterocycles. The summed E-state index contributed by atoms with van der Waals surface area (Å²) in [6.07, 6.45) is 13.6. The first-order valence-corrected chi connectivity index (χ1v) is 10.5. The van der Waals surface area contributed by atoms with Gasteiger partial charge in [-0.3, -0.25) is 0 Å². The number of hydrogen-bond acceptors (Lipinski definition) is 1. The maximum atomic E-state index is 5.96. The summed E-state index contributed by atoms with van der Waals surface area (Å²) in [4.78, 5) is 3.48. The van der Waals surface area contributed by atoms with Gasteiger partial charge in [-0.15, -0.1) is 0 Å². The minimum Gasteiger partial charge on any atom is -0.494 e. The number of H-pyrrole nitrogens is 1. The molecule has 0 bridgehead atoms. The summed E-state index contributed by atoms with van der Waals surface area (Å²) in [7, 11) is 0. The van der Waals surface area contributed by atoms with Crippen molar-refractivity contribution in [1.82, 2.24) is 4.98 Å². The normalized spacial score (nSPS) is 11.4. The summed E-state index contributed by atoms with van der Waals surface area (Å²) in [5.41, 5.74) is 2.35. The van der Waals surface area contributed by atoms with Crippen LogP contribution in [0.2, 0.25) is 0 Å². The predicted molar refractivity (Wildman–Crippen MR) is 113 cm³/mol. The van der Waals surface area contributed by atoms with Gasteiger partial charge in [0.15, 0.2) is 0 Å². The number of unbranched alkanes of at least 4 members (excludes halogenated alkanes) is 9. The summed E-state index contributed by atoms with van der Waals surface area (Å²) in [5, 5.41) is 2.55. The molecule has 0 aliphatic heterocycles. The predicted octanol–water partition coefficient (Wildman–Crippen LogP) is 7.62. The van der Waals surface area contributed by atoms with Crippen molar-refractivity contribution in [2.75, 3.05) is 6.61 Å². The van der Waals surface area contributed by atoms with Crippen LogP contribution in [0.15, 0.2) is 42.5 Å². The first-order chi connectivity index (χ1) is 12.9. The zero-order chi connectivity index (χ0) is 18.0. The van der Waals surface area contributed by atoms with Crippen LogP contribution in [-0.2, 0) is 0 Å². The van der Waals surface area contributed by atoms with Crippen molar-refractivity contribution in [3.63, 3.8) is 0 Å². The van der Waals surface area contributed by atoms with Gasteiger partial charge in [-0.25, -0.2) is 0 Å². The van der Waals surface area contributed by atoms with Gasteiger partial charge >= 0.3 is 0 Å². The van der Waals surface area contributed by atoms with Crippen LogP contribution in [0.4, 0.5) is 0 Å². The van der Waals surface area contributed by atoms with E-state index in [-0.39, 0.29) is 0 Å². The third-order valence-electron chi connectivity index (χ3n) is 5.24. The van der Waals surface area contributed by atoms with Gasteiger partial charge in [-0.1, -0.05) is 82.9 Å². The molecule has 3 aromatic rings. The number of para-hydroxylation sites is 1. The highest BCUT2D eigenvalue weighted by atomic mass is 16.5. The van der Waals surface area contributed by atoms with E-state index in [9.17, 15) is 0 Å². The van der Waals surface area contributed by atoms with Gasteiger partial charge in [0.25, 0.3) is 0 Å². The first kappa shape index (κ1) is 18.8. The van der Waals surface area contributed by atoms with Crippen LogP contribution >= 0.6 is 0 Å². The Bertz CT molecular complexity index is 789. The van der Waals surface area contributed by atoms with Crippen molar-refractivity contribution in [2.45, 2.75) is 71.1 Å². The van der Waals surface area contributed by atoms with Gasteiger partial charge in [0, 0.05) is 22.4 Å². The van der Waals surface area contributed by atoms with E-state index in [0.29, 0.717) is 0 Å². The standard InChI is InChI=1S/C24H33NO/c1-2-3-4-5-6-7-8-9-10-13-18-26-20-16-17-22-21-14-11-12-15-23(21)25-24(22)19-20/h11-12,14-17,19,25H,2-10,13,18H2,1H3. The lowest BCUT2D eigenvalue weighted by molar-refractivity contribution is 0.304. The lowest BCUT2D eigenvalue weighted by Gasteiger charge is -2.06. The summed E-state index contributed by atoms with van der Waals surface area (Å²) in [6, 6.07) is 14.8. The Kier molecular flexibility index (Phi) is 7.42. The molecule has 0 atom stereocenters. The highest BCUT2D eigenvalue weighted by molar-refractivity contribution is 6.07. The Hall–Kier alpha value is -1.96. The SMILES string of the molecule is CCCCCCCCCCCCOc1ccc2c(c1)[nH]c1ccccc12. The fourth-order valence-electron chi connectivity index (χ4n) is 3.70. The molecular weight excluding hydrogens is 318 g/mol. The van der Waals surface area contributed by atoms with E-state index in [4.69, 9.17) is 4.74 Å². The van der Waals surface area contributed by atoms with Crippen molar-refractivity contribution in [3.05, 3.63) is 42.5 Å². The molecule has 0 saturated carbocycles. The summed E-state index contributed by atoms with van der Waals surface area (Å²) in [5.74, 6) is 0.972. The number of aromatic nitrogens is 1. The van der Waals surface area contributed by atoms with E-state index in [1.54, 1.807) is 0 Å². The molecule has 0 amide bonds. The zero-order valence-electron chi connectivity index (χ0n) is 16.2. The molecule has 0 spiro atoms. The van der Waals surface area contributed by atoms with Crippen molar-refractivity contribution in [2.24, 2.45) is 0 Å². The average molecular weight is 352 g/mol. The maximum absolute atomic E-state index is 5.96. The van der Waals surface area contributed by atoms with E-state index in [1.807, 2.05) is 0 Å². The molecule has 26 heavy (non-hydrogen) atoms. The molecule has 0 saturated heterocycles. The van der Waals surface area contributed by atoms with Crippen molar-refractivity contribution in [1.29, 1.82) is 0 Å². The summed E-state index contributed by atoms with van der Waals surface area (Å²) >= 11 is 0. The molecule has 140 valence electrons. The minimum absolute atomic E-state index is 0.822. The molecule has 2 nitrogen and oxygen atoms in total. The van der Waals surface area contributed by atoms with Gasteiger partial charge in [-0.05, 0) is 24.6 Å². The Morgan fingerprint density at radius 3 is 2.12 bits per heavy atom. The fourth-order valence-corrected chi connectivity index (χ4v) is 3.70. The molecule has 0 unspecified atom stereocenters. The first-order valence-electron chi connectivity index (χ1n) is 10.5. The monoisotopic (exact) mass is 351 g/mol. The lowest BCUT2D eigenvalue weighted by Crippen LogP contribution is -1.97. The molecular formula is C24H33NO. The third-order valence-corrected chi connectivity index (χ3v) is 5.24. The van der Waals surface area contributed by atoms with Crippen molar-refractivity contribution < 1.29 is 4.74 Å². The second-order valence-corrected chi connectivity index (χ2v) is 7.41. The largest absolute Gasteiger partial charge is 0.494 e. The zero-order valence-corrected chi connectivity index (χ0v) is 16.2. The van der Waals surface area contributed by atoms with Crippen LogP contribution in [-0.4, -0.2) is 11.6 Å². The Morgan fingerprint density at radius 2 is 1.35 bits per heavy atom. The molecule has 0 radical (unpaired) electrons. The quantitative estimate of drug-likeness (QED) is 0.333.